The highest BCUT2D eigenvalue weighted by atomic mass is 16.2. The molecule has 2 saturated heterocycles. The van der Waals surface area contributed by atoms with Crippen molar-refractivity contribution in [1.29, 1.82) is 0 Å². The van der Waals surface area contributed by atoms with Gasteiger partial charge >= 0.3 is 0 Å². The number of fused-ring (bicyclic) bond motifs is 3. The Labute approximate surface area is 80.1 Å². The van der Waals surface area contributed by atoms with Crippen LogP contribution in [0.2, 0.25) is 0 Å². The lowest BCUT2D eigenvalue weighted by Gasteiger charge is -2.54. The minimum atomic E-state index is 0.0961. The number of carbonyl (C=O) groups is 1. The first-order valence-corrected chi connectivity index (χ1v) is 5.27. The van der Waals surface area contributed by atoms with Crippen molar-refractivity contribution in [2.75, 3.05) is 0 Å². The second kappa shape index (κ2) is 2.49. The maximum Gasteiger partial charge on any atom is 0.223 e. The molecule has 3 rings (SSSR count). The second-order valence-electron chi connectivity index (χ2n) is 5.60. The van der Waals surface area contributed by atoms with E-state index in [2.05, 4.69) is 26.1 Å². The Balaban J connectivity index is 2.28. The molecule has 0 aromatic carbocycles. The maximum atomic E-state index is 11.6. The summed E-state index contributed by atoms with van der Waals surface area (Å²) in [7, 11) is 0. The van der Waals surface area contributed by atoms with Crippen LogP contribution in [0.3, 0.4) is 0 Å². The fourth-order valence-electron chi connectivity index (χ4n) is 2.77. The number of nitrogens with one attached hydrogen (secondary N) is 1. The van der Waals surface area contributed by atoms with Crippen molar-refractivity contribution in [3.8, 4) is 0 Å². The van der Waals surface area contributed by atoms with E-state index in [0.717, 1.165) is 12.8 Å². The average Bonchev–Trinajstić information content (AvgIpc) is 2.04. The van der Waals surface area contributed by atoms with Crippen molar-refractivity contribution in [1.82, 2.24) is 5.32 Å². The Kier molecular flexibility index (Phi) is 1.73. The highest BCUT2D eigenvalue weighted by Gasteiger charge is 2.50. The Morgan fingerprint density at radius 3 is 2.15 bits per heavy atom. The van der Waals surface area contributed by atoms with Crippen molar-refractivity contribution in [3.63, 3.8) is 0 Å². The summed E-state index contributed by atoms with van der Waals surface area (Å²) in [4.78, 5) is 11.6. The van der Waals surface area contributed by atoms with Crippen LogP contribution in [0.25, 0.3) is 0 Å². The van der Waals surface area contributed by atoms with Gasteiger partial charge in [-0.25, -0.2) is 0 Å². The molecule has 2 aliphatic heterocycles. The number of rotatable bonds is 0. The third-order valence-corrected chi connectivity index (χ3v) is 4.01. The largest absolute Gasteiger partial charge is 0.350 e. The molecule has 0 spiro atoms. The van der Waals surface area contributed by atoms with E-state index < -0.39 is 0 Å². The Morgan fingerprint density at radius 1 is 1.31 bits per heavy atom. The van der Waals surface area contributed by atoms with E-state index in [-0.39, 0.29) is 11.0 Å². The molecular weight excluding hydrogens is 162 g/mol. The second-order valence-corrected chi connectivity index (χ2v) is 5.60. The first-order chi connectivity index (χ1) is 5.95. The summed E-state index contributed by atoms with van der Waals surface area (Å²) in [5.74, 6) is 0.622. The summed E-state index contributed by atoms with van der Waals surface area (Å²) in [6, 6.07) is 0. The molecule has 2 heteroatoms. The molecule has 2 bridgehead atoms. The Hall–Kier alpha value is -0.530. The zero-order chi connectivity index (χ0) is 9.69. The minimum absolute atomic E-state index is 0.0961. The minimum Gasteiger partial charge on any atom is -0.350 e. The van der Waals surface area contributed by atoms with Gasteiger partial charge in [-0.05, 0) is 31.1 Å². The van der Waals surface area contributed by atoms with Gasteiger partial charge in [0.25, 0.3) is 0 Å². The Bertz CT molecular complexity index is 231. The number of piperidine rings is 2. The lowest BCUT2D eigenvalue weighted by molar-refractivity contribution is -0.138. The van der Waals surface area contributed by atoms with E-state index in [1.165, 1.54) is 12.8 Å². The summed E-state index contributed by atoms with van der Waals surface area (Å²) in [5, 5.41) is 3.23. The van der Waals surface area contributed by atoms with E-state index in [9.17, 15) is 4.79 Å². The van der Waals surface area contributed by atoms with Gasteiger partial charge in [-0.3, -0.25) is 4.79 Å². The SMILES string of the molecule is CC(C)(C)C12CCC(CC1)C(=O)N2. The third-order valence-electron chi connectivity index (χ3n) is 4.01. The molecule has 1 amide bonds. The van der Waals surface area contributed by atoms with E-state index in [1.54, 1.807) is 0 Å². The molecule has 0 aromatic rings. The van der Waals surface area contributed by atoms with Gasteiger partial charge in [-0.1, -0.05) is 20.8 Å². The van der Waals surface area contributed by atoms with Crippen LogP contribution in [0.15, 0.2) is 0 Å². The molecule has 74 valence electrons. The highest BCUT2D eigenvalue weighted by Crippen LogP contribution is 2.47. The van der Waals surface area contributed by atoms with E-state index in [0.29, 0.717) is 11.8 Å². The van der Waals surface area contributed by atoms with Crippen molar-refractivity contribution in [3.05, 3.63) is 0 Å². The summed E-state index contributed by atoms with van der Waals surface area (Å²) in [6.07, 6.45) is 4.55. The van der Waals surface area contributed by atoms with Crippen LogP contribution in [-0.2, 0) is 4.79 Å². The zero-order valence-electron chi connectivity index (χ0n) is 8.81. The van der Waals surface area contributed by atoms with Gasteiger partial charge in [0, 0.05) is 11.5 Å². The summed E-state index contributed by atoms with van der Waals surface area (Å²) < 4.78 is 0. The van der Waals surface area contributed by atoms with Crippen molar-refractivity contribution < 1.29 is 4.79 Å². The van der Waals surface area contributed by atoms with E-state index >= 15 is 0 Å². The van der Waals surface area contributed by atoms with E-state index in [4.69, 9.17) is 0 Å². The molecule has 2 nitrogen and oxygen atoms in total. The van der Waals surface area contributed by atoms with Crippen LogP contribution in [0, 0.1) is 11.3 Å². The van der Waals surface area contributed by atoms with Crippen molar-refractivity contribution >= 4 is 5.91 Å². The van der Waals surface area contributed by atoms with Crippen LogP contribution in [0.5, 0.6) is 0 Å². The lowest BCUT2D eigenvalue weighted by atomic mass is 9.60. The molecular formula is C11H19NO. The van der Waals surface area contributed by atoms with Crippen LogP contribution in [-0.4, -0.2) is 11.4 Å². The molecule has 1 saturated carbocycles. The molecule has 0 radical (unpaired) electrons. The third kappa shape index (κ3) is 1.18. The van der Waals surface area contributed by atoms with Gasteiger partial charge in [-0.2, -0.15) is 0 Å². The molecule has 3 fully saturated rings. The van der Waals surface area contributed by atoms with Crippen molar-refractivity contribution in [2.24, 2.45) is 11.3 Å². The predicted octanol–water partition coefficient (Wildman–Crippen LogP) is 2.09. The first kappa shape index (κ1) is 9.04. The summed E-state index contributed by atoms with van der Waals surface area (Å²) in [5.41, 5.74) is 0.298. The molecule has 13 heavy (non-hydrogen) atoms. The van der Waals surface area contributed by atoms with Crippen LogP contribution < -0.4 is 5.32 Å². The normalized spacial score (nSPS) is 39.0. The molecule has 0 atom stereocenters. The predicted molar refractivity (Wildman–Crippen MR) is 52.3 cm³/mol. The highest BCUT2D eigenvalue weighted by molar-refractivity contribution is 5.81. The Morgan fingerprint density at radius 2 is 1.85 bits per heavy atom. The smallest absolute Gasteiger partial charge is 0.223 e. The number of hydrogen-bond acceptors (Lipinski definition) is 1. The number of hydrogen-bond donors (Lipinski definition) is 1. The number of carbonyl (C=O) groups excluding carboxylic acids is 1. The number of amides is 1. The average molecular weight is 181 g/mol. The molecule has 1 aliphatic carbocycles. The van der Waals surface area contributed by atoms with Gasteiger partial charge in [0.2, 0.25) is 5.91 Å². The topological polar surface area (TPSA) is 29.1 Å². The van der Waals surface area contributed by atoms with Crippen LogP contribution in [0.1, 0.15) is 46.5 Å². The fourth-order valence-corrected chi connectivity index (χ4v) is 2.77. The van der Waals surface area contributed by atoms with Gasteiger partial charge < -0.3 is 5.32 Å². The lowest BCUT2D eigenvalue weighted by Crippen LogP contribution is -2.64. The molecule has 3 aliphatic rings. The van der Waals surface area contributed by atoms with Gasteiger partial charge in [0.1, 0.15) is 0 Å². The molecule has 0 aromatic heterocycles. The van der Waals surface area contributed by atoms with Gasteiger partial charge in [0.15, 0.2) is 0 Å². The summed E-state index contributed by atoms with van der Waals surface area (Å²) >= 11 is 0. The monoisotopic (exact) mass is 181 g/mol. The van der Waals surface area contributed by atoms with Crippen LogP contribution in [0.4, 0.5) is 0 Å². The fraction of sp³-hybridized carbons (Fsp3) is 0.909. The molecule has 0 unspecified atom stereocenters. The standard InChI is InChI=1S/C11H19NO/c1-10(2,3)11-6-4-8(5-7-11)9(13)12-11/h8H,4-7H2,1-3H3,(H,12,13). The quantitative estimate of drug-likeness (QED) is 0.609. The molecule has 1 N–H and O–H groups in total. The van der Waals surface area contributed by atoms with Gasteiger partial charge in [-0.15, -0.1) is 0 Å². The van der Waals surface area contributed by atoms with Crippen LogP contribution >= 0.6 is 0 Å². The maximum absolute atomic E-state index is 11.6. The zero-order valence-corrected chi connectivity index (χ0v) is 8.81. The van der Waals surface area contributed by atoms with Gasteiger partial charge in [0.05, 0.1) is 0 Å². The molecule has 2 heterocycles. The van der Waals surface area contributed by atoms with Crippen molar-refractivity contribution in [2.45, 2.75) is 52.0 Å². The van der Waals surface area contributed by atoms with E-state index in [1.807, 2.05) is 0 Å². The first-order valence-electron chi connectivity index (χ1n) is 5.27. The summed E-state index contributed by atoms with van der Waals surface area (Å²) in [6.45, 7) is 6.71.